The van der Waals surface area contributed by atoms with Crippen LogP contribution >= 0.6 is 0 Å². The number of hydrogen-bond donors (Lipinski definition) is 1. The third-order valence-electron chi connectivity index (χ3n) is 3.08. The van der Waals surface area contributed by atoms with E-state index < -0.39 is 39.5 Å². The minimum Gasteiger partial charge on any atom is -0.481 e. The number of carbonyl (C=O) groups is 2. The number of Topliss-reactive ketones (excluding diaryl/α,β-unsaturated/α-hetero) is 1. The van der Waals surface area contributed by atoms with Gasteiger partial charge in [0.25, 0.3) is 0 Å². The zero-order valence-corrected chi connectivity index (χ0v) is 11.6. The second-order valence-electron chi connectivity index (χ2n) is 4.55. The normalized spacial score (nSPS) is 14.8. The summed E-state index contributed by atoms with van der Waals surface area (Å²) < 4.78 is 63.1. The summed E-state index contributed by atoms with van der Waals surface area (Å²) in [7, 11) is -5.90. The number of halogens is 3. The van der Waals surface area contributed by atoms with E-state index in [0.717, 1.165) is 12.1 Å². The van der Waals surface area contributed by atoms with Crippen molar-refractivity contribution < 1.29 is 40.5 Å². The average Bonchev–Trinajstić information content (AvgIpc) is 2.73. The number of rotatable bonds is 4. The zero-order valence-electron chi connectivity index (χ0n) is 10.8. The molecule has 0 saturated carbocycles. The second kappa shape index (κ2) is 5.27. The fourth-order valence-corrected chi connectivity index (χ4v) is 2.66. The van der Waals surface area contributed by atoms with E-state index in [9.17, 15) is 31.2 Å². The van der Waals surface area contributed by atoms with Crippen LogP contribution in [0.3, 0.4) is 0 Å². The Labute approximate surface area is 122 Å². The molecule has 6 nitrogen and oxygen atoms in total. The lowest BCUT2D eigenvalue weighted by molar-refractivity contribution is -0.136. The molecule has 2 rings (SSSR count). The van der Waals surface area contributed by atoms with Crippen molar-refractivity contribution in [3.8, 4) is 5.75 Å². The molecule has 22 heavy (non-hydrogen) atoms. The van der Waals surface area contributed by atoms with Crippen LogP contribution in [0.5, 0.6) is 5.75 Å². The molecule has 1 aliphatic carbocycles. The Hall–Kier alpha value is -2.10. The summed E-state index contributed by atoms with van der Waals surface area (Å²) >= 11 is 0. The van der Waals surface area contributed by atoms with Crippen LogP contribution in [0.4, 0.5) is 13.2 Å². The maximum Gasteiger partial charge on any atom is 0.534 e. The van der Waals surface area contributed by atoms with Gasteiger partial charge in [0.15, 0.2) is 11.5 Å². The highest BCUT2D eigenvalue weighted by Gasteiger charge is 2.49. The Morgan fingerprint density at radius 2 is 1.91 bits per heavy atom. The number of fused-ring (bicyclic) bond motifs is 1. The third kappa shape index (κ3) is 2.91. The van der Waals surface area contributed by atoms with Crippen molar-refractivity contribution >= 4 is 21.9 Å². The molecule has 1 aromatic carbocycles. The molecule has 0 atom stereocenters. The van der Waals surface area contributed by atoms with E-state index in [0.29, 0.717) is 0 Å². The SMILES string of the molecule is O=C(O)Cc1ccc(OS(=O)(=O)C(F)(F)F)c2c1CCC2=O. The summed E-state index contributed by atoms with van der Waals surface area (Å²) in [6.07, 6.45) is -0.351. The Morgan fingerprint density at radius 1 is 1.27 bits per heavy atom. The van der Waals surface area contributed by atoms with Gasteiger partial charge >= 0.3 is 21.6 Å². The number of carboxylic acid groups (broad SMARTS) is 1. The van der Waals surface area contributed by atoms with Gasteiger partial charge < -0.3 is 9.29 Å². The Balaban J connectivity index is 2.50. The number of alkyl halides is 3. The molecule has 0 fully saturated rings. The lowest BCUT2D eigenvalue weighted by Crippen LogP contribution is -2.28. The zero-order chi connectivity index (χ0) is 16.7. The Morgan fingerprint density at radius 3 is 2.45 bits per heavy atom. The van der Waals surface area contributed by atoms with Gasteiger partial charge in [0, 0.05) is 6.42 Å². The van der Waals surface area contributed by atoms with E-state index in [1.165, 1.54) is 0 Å². The van der Waals surface area contributed by atoms with Gasteiger partial charge in [-0.05, 0) is 23.6 Å². The molecule has 1 aromatic rings. The van der Waals surface area contributed by atoms with Crippen LogP contribution in [-0.4, -0.2) is 30.8 Å². The monoisotopic (exact) mass is 338 g/mol. The molecule has 0 aliphatic heterocycles. The molecule has 0 aromatic heterocycles. The number of carbonyl (C=O) groups excluding carboxylic acids is 1. The lowest BCUT2D eigenvalue weighted by Gasteiger charge is -2.13. The number of aliphatic carboxylic acids is 1. The predicted octanol–water partition coefficient (Wildman–Crippen LogP) is 1.67. The molecule has 0 unspecified atom stereocenters. The number of hydrogen-bond acceptors (Lipinski definition) is 5. The van der Waals surface area contributed by atoms with Crippen molar-refractivity contribution in [3.05, 3.63) is 28.8 Å². The number of ketones is 1. The van der Waals surface area contributed by atoms with E-state index in [1.807, 2.05) is 0 Å². The van der Waals surface area contributed by atoms with Crippen molar-refractivity contribution in [2.75, 3.05) is 0 Å². The van der Waals surface area contributed by atoms with Gasteiger partial charge in [-0.15, -0.1) is 0 Å². The van der Waals surface area contributed by atoms with Crippen LogP contribution in [0.2, 0.25) is 0 Å². The number of benzene rings is 1. The third-order valence-corrected chi connectivity index (χ3v) is 4.04. The summed E-state index contributed by atoms with van der Waals surface area (Å²) in [5.41, 5.74) is -5.47. The van der Waals surface area contributed by atoms with Gasteiger partial charge in [0.05, 0.1) is 12.0 Å². The van der Waals surface area contributed by atoms with Gasteiger partial charge in [0.2, 0.25) is 0 Å². The first-order chi connectivity index (χ1) is 10.0. The molecule has 1 aliphatic rings. The van der Waals surface area contributed by atoms with E-state index in [2.05, 4.69) is 4.18 Å². The van der Waals surface area contributed by atoms with Crippen molar-refractivity contribution in [2.45, 2.75) is 24.8 Å². The molecule has 10 heteroatoms. The molecule has 120 valence electrons. The van der Waals surface area contributed by atoms with Crippen LogP contribution in [0.25, 0.3) is 0 Å². The molecule has 0 amide bonds. The molecule has 0 spiro atoms. The summed E-state index contributed by atoms with van der Waals surface area (Å²) in [5, 5.41) is 8.77. The van der Waals surface area contributed by atoms with Crippen molar-refractivity contribution in [3.63, 3.8) is 0 Å². The molecule has 0 bridgehead atoms. The average molecular weight is 338 g/mol. The Bertz CT molecular complexity index is 751. The van der Waals surface area contributed by atoms with Crippen LogP contribution < -0.4 is 4.18 Å². The van der Waals surface area contributed by atoms with Gasteiger partial charge in [-0.3, -0.25) is 9.59 Å². The highest BCUT2D eigenvalue weighted by atomic mass is 32.2. The molecule has 1 N–H and O–H groups in total. The summed E-state index contributed by atoms with van der Waals surface area (Å²) in [5.74, 6) is -2.50. The van der Waals surface area contributed by atoms with Gasteiger partial charge in [-0.25, -0.2) is 0 Å². The van der Waals surface area contributed by atoms with Crippen LogP contribution in [0.15, 0.2) is 12.1 Å². The van der Waals surface area contributed by atoms with Crippen LogP contribution in [0.1, 0.15) is 27.9 Å². The largest absolute Gasteiger partial charge is 0.534 e. The van der Waals surface area contributed by atoms with E-state index >= 15 is 0 Å². The summed E-state index contributed by atoms with van der Waals surface area (Å²) in [6, 6.07) is 2.01. The minimum absolute atomic E-state index is 0.0472. The maximum absolute atomic E-state index is 12.3. The first kappa shape index (κ1) is 16.3. The fraction of sp³-hybridized carbons (Fsp3) is 0.333. The quantitative estimate of drug-likeness (QED) is 0.662. The van der Waals surface area contributed by atoms with E-state index in [1.54, 1.807) is 0 Å². The molecule has 0 radical (unpaired) electrons. The van der Waals surface area contributed by atoms with E-state index in [-0.39, 0.29) is 29.5 Å². The fourth-order valence-electron chi connectivity index (χ4n) is 2.19. The number of carboxylic acids is 1. The molecule has 0 saturated heterocycles. The summed E-state index contributed by atoms with van der Waals surface area (Å²) in [6.45, 7) is 0. The second-order valence-corrected chi connectivity index (χ2v) is 6.09. The minimum atomic E-state index is -5.90. The first-order valence-corrected chi connectivity index (χ1v) is 7.34. The highest BCUT2D eigenvalue weighted by Crippen LogP contribution is 2.36. The highest BCUT2D eigenvalue weighted by molar-refractivity contribution is 7.88. The molecule has 0 heterocycles. The van der Waals surface area contributed by atoms with Crippen molar-refractivity contribution in [1.82, 2.24) is 0 Å². The Kier molecular flexibility index (Phi) is 3.90. The lowest BCUT2D eigenvalue weighted by atomic mass is 10.00. The van der Waals surface area contributed by atoms with Gasteiger partial charge in [-0.2, -0.15) is 21.6 Å². The molecular formula is C12H9F3O6S. The smallest absolute Gasteiger partial charge is 0.481 e. The molecular weight excluding hydrogens is 329 g/mol. The van der Waals surface area contributed by atoms with Crippen LogP contribution in [0, 0.1) is 0 Å². The van der Waals surface area contributed by atoms with E-state index in [4.69, 9.17) is 5.11 Å². The van der Waals surface area contributed by atoms with Crippen LogP contribution in [-0.2, 0) is 27.8 Å². The van der Waals surface area contributed by atoms with Gasteiger partial charge in [-0.1, -0.05) is 6.07 Å². The summed E-state index contributed by atoms with van der Waals surface area (Å²) in [4.78, 5) is 22.5. The predicted molar refractivity (Wildman–Crippen MR) is 66.0 cm³/mol. The standard InChI is InChI=1S/C12H9F3O6S/c13-12(14,15)22(19,20)21-9-4-1-6(5-10(17)18)7-2-3-8(16)11(7)9/h1,4H,2-3,5H2,(H,17,18). The topological polar surface area (TPSA) is 97.7 Å². The first-order valence-electron chi connectivity index (χ1n) is 5.93. The maximum atomic E-state index is 12.3. The van der Waals surface area contributed by atoms with Crippen molar-refractivity contribution in [1.29, 1.82) is 0 Å². The van der Waals surface area contributed by atoms with Gasteiger partial charge in [0.1, 0.15) is 0 Å². The van der Waals surface area contributed by atoms with Crippen molar-refractivity contribution in [2.24, 2.45) is 0 Å².